The number of hydrogen-bond acceptors (Lipinski definition) is 5. The number of nitrogens with one attached hydrogen (secondary N) is 2. The average Bonchev–Trinajstić information content (AvgIpc) is 3.10. The Labute approximate surface area is 120 Å². The van der Waals surface area contributed by atoms with Crippen LogP contribution in [-0.2, 0) is 6.54 Å². The molecule has 0 aliphatic carbocycles. The standard InChI is InChI=1S/C13H13N7O/c1-9-12(18-19-17-9)13(21)16-11-4-7-15-20(11)8-10-2-5-14-6-3-10/h2-7H,8H2,1H3,(H,16,21)(H,17,18,19). The first kappa shape index (κ1) is 13.0. The maximum absolute atomic E-state index is 12.1. The van der Waals surface area contributed by atoms with Crippen molar-refractivity contribution in [3.8, 4) is 0 Å². The molecular formula is C13H13N7O. The molecule has 106 valence electrons. The van der Waals surface area contributed by atoms with E-state index in [1.165, 1.54) is 0 Å². The van der Waals surface area contributed by atoms with Crippen molar-refractivity contribution in [3.05, 3.63) is 53.7 Å². The van der Waals surface area contributed by atoms with Gasteiger partial charge in [0.05, 0.1) is 18.4 Å². The summed E-state index contributed by atoms with van der Waals surface area (Å²) in [6.45, 7) is 2.26. The van der Waals surface area contributed by atoms with E-state index in [1.807, 2.05) is 12.1 Å². The zero-order valence-corrected chi connectivity index (χ0v) is 11.3. The van der Waals surface area contributed by atoms with E-state index >= 15 is 0 Å². The van der Waals surface area contributed by atoms with E-state index in [0.29, 0.717) is 18.1 Å². The molecule has 0 aromatic carbocycles. The fourth-order valence-electron chi connectivity index (χ4n) is 1.90. The van der Waals surface area contributed by atoms with Gasteiger partial charge in [-0.05, 0) is 24.6 Å². The van der Waals surface area contributed by atoms with Crippen molar-refractivity contribution in [2.24, 2.45) is 0 Å². The second-order valence-electron chi connectivity index (χ2n) is 4.44. The number of hydrogen-bond donors (Lipinski definition) is 2. The van der Waals surface area contributed by atoms with Crippen molar-refractivity contribution < 1.29 is 4.79 Å². The largest absolute Gasteiger partial charge is 0.305 e. The lowest BCUT2D eigenvalue weighted by Crippen LogP contribution is -2.17. The molecule has 0 atom stereocenters. The molecule has 0 spiro atoms. The van der Waals surface area contributed by atoms with Gasteiger partial charge in [-0.1, -0.05) is 0 Å². The smallest absolute Gasteiger partial charge is 0.279 e. The molecule has 0 bridgehead atoms. The molecule has 8 heteroatoms. The zero-order chi connectivity index (χ0) is 14.7. The number of amides is 1. The number of pyridine rings is 1. The highest BCUT2D eigenvalue weighted by molar-refractivity contribution is 6.02. The summed E-state index contributed by atoms with van der Waals surface area (Å²) in [6.07, 6.45) is 5.07. The van der Waals surface area contributed by atoms with Crippen molar-refractivity contribution in [3.63, 3.8) is 0 Å². The topological polar surface area (TPSA) is 101 Å². The summed E-state index contributed by atoms with van der Waals surface area (Å²) in [6, 6.07) is 5.53. The first-order chi connectivity index (χ1) is 10.2. The van der Waals surface area contributed by atoms with Crippen LogP contribution in [0.4, 0.5) is 5.82 Å². The zero-order valence-electron chi connectivity index (χ0n) is 11.3. The molecule has 0 aliphatic rings. The van der Waals surface area contributed by atoms with Crippen LogP contribution in [0.5, 0.6) is 0 Å². The van der Waals surface area contributed by atoms with Gasteiger partial charge in [0.2, 0.25) is 0 Å². The molecule has 3 rings (SSSR count). The highest BCUT2D eigenvalue weighted by Crippen LogP contribution is 2.11. The third kappa shape index (κ3) is 2.78. The maximum atomic E-state index is 12.1. The molecule has 0 radical (unpaired) electrons. The van der Waals surface area contributed by atoms with Crippen LogP contribution in [0.25, 0.3) is 0 Å². The average molecular weight is 283 g/mol. The van der Waals surface area contributed by atoms with E-state index in [1.54, 1.807) is 36.3 Å². The van der Waals surface area contributed by atoms with Crippen LogP contribution in [0.3, 0.4) is 0 Å². The molecule has 21 heavy (non-hydrogen) atoms. The Hall–Kier alpha value is -3.03. The van der Waals surface area contributed by atoms with Gasteiger partial charge in [-0.2, -0.15) is 20.5 Å². The highest BCUT2D eigenvalue weighted by Gasteiger charge is 2.15. The number of carbonyl (C=O) groups is 1. The fraction of sp³-hybridized carbons (Fsp3) is 0.154. The van der Waals surface area contributed by atoms with Gasteiger partial charge in [-0.15, -0.1) is 0 Å². The minimum Gasteiger partial charge on any atom is -0.305 e. The molecule has 0 saturated carbocycles. The first-order valence-electron chi connectivity index (χ1n) is 6.33. The van der Waals surface area contributed by atoms with Crippen LogP contribution in [-0.4, -0.2) is 36.1 Å². The summed E-state index contributed by atoms with van der Waals surface area (Å²) < 4.78 is 1.70. The van der Waals surface area contributed by atoms with E-state index in [2.05, 4.69) is 30.8 Å². The Morgan fingerprint density at radius 2 is 2.05 bits per heavy atom. The highest BCUT2D eigenvalue weighted by atomic mass is 16.2. The van der Waals surface area contributed by atoms with Crippen molar-refractivity contribution in [1.29, 1.82) is 0 Å². The fourth-order valence-corrected chi connectivity index (χ4v) is 1.90. The third-order valence-electron chi connectivity index (χ3n) is 2.98. The van der Waals surface area contributed by atoms with E-state index < -0.39 is 0 Å². The number of anilines is 1. The Kier molecular flexibility index (Phi) is 3.42. The molecule has 0 unspecified atom stereocenters. The minimum atomic E-state index is -0.322. The van der Waals surface area contributed by atoms with Crippen LogP contribution in [0.1, 0.15) is 21.7 Å². The summed E-state index contributed by atoms with van der Waals surface area (Å²) in [5, 5.41) is 17.1. The Morgan fingerprint density at radius 1 is 1.24 bits per heavy atom. The molecule has 0 aliphatic heterocycles. The van der Waals surface area contributed by atoms with Crippen molar-refractivity contribution in [2.45, 2.75) is 13.5 Å². The molecular weight excluding hydrogens is 270 g/mol. The number of aryl methyl sites for hydroxylation is 1. The number of rotatable bonds is 4. The molecule has 3 heterocycles. The molecule has 3 aromatic rings. The summed E-state index contributed by atoms with van der Waals surface area (Å²) in [7, 11) is 0. The number of aromatic nitrogens is 6. The normalized spacial score (nSPS) is 10.5. The maximum Gasteiger partial charge on any atom is 0.279 e. The van der Waals surface area contributed by atoms with E-state index in [0.717, 1.165) is 5.56 Å². The van der Waals surface area contributed by atoms with E-state index in [9.17, 15) is 4.79 Å². The first-order valence-corrected chi connectivity index (χ1v) is 6.33. The molecule has 2 N–H and O–H groups in total. The van der Waals surface area contributed by atoms with Gasteiger partial charge in [0.25, 0.3) is 5.91 Å². The predicted molar refractivity (Wildman–Crippen MR) is 74.6 cm³/mol. The van der Waals surface area contributed by atoms with Crippen molar-refractivity contribution in [2.75, 3.05) is 5.32 Å². The second-order valence-corrected chi connectivity index (χ2v) is 4.44. The van der Waals surface area contributed by atoms with Gasteiger partial charge in [-0.3, -0.25) is 9.78 Å². The van der Waals surface area contributed by atoms with Gasteiger partial charge < -0.3 is 5.32 Å². The van der Waals surface area contributed by atoms with Crippen LogP contribution < -0.4 is 5.32 Å². The van der Waals surface area contributed by atoms with Gasteiger partial charge in [0.15, 0.2) is 5.69 Å². The molecule has 3 aromatic heterocycles. The Bertz CT molecular complexity index is 747. The second kappa shape index (κ2) is 5.53. The van der Waals surface area contributed by atoms with Crippen LogP contribution in [0.2, 0.25) is 0 Å². The van der Waals surface area contributed by atoms with Gasteiger partial charge in [0, 0.05) is 18.5 Å². The number of nitrogens with zero attached hydrogens (tertiary/aromatic N) is 5. The number of H-pyrrole nitrogens is 1. The lowest BCUT2D eigenvalue weighted by molar-refractivity contribution is 0.102. The van der Waals surface area contributed by atoms with Gasteiger partial charge in [0.1, 0.15) is 5.82 Å². The predicted octanol–water partition coefficient (Wildman–Crippen LogP) is 1.01. The van der Waals surface area contributed by atoms with Crippen molar-refractivity contribution in [1.82, 2.24) is 30.2 Å². The molecule has 0 fully saturated rings. The molecule has 0 saturated heterocycles. The van der Waals surface area contributed by atoms with Crippen molar-refractivity contribution >= 4 is 11.7 Å². The monoisotopic (exact) mass is 283 g/mol. The summed E-state index contributed by atoms with van der Waals surface area (Å²) >= 11 is 0. The van der Waals surface area contributed by atoms with Crippen LogP contribution >= 0.6 is 0 Å². The van der Waals surface area contributed by atoms with Crippen LogP contribution in [0, 0.1) is 6.92 Å². The minimum absolute atomic E-state index is 0.270. The Morgan fingerprint density at radius 3 is 2.76 bits per heavy atom. The van der Waals surface area contributed by atoms with E-state index in [-0.39, 0.29) is 11.6 Å². The van der Waals surface area contributed by atoms with Gasteiger partial charge in [-0.25, -0.2) is 4.68 Å². The van der Waals surface area contributed by atoms with Crippen LogP contribution in [0.15, 0.2) is 36.8 Å². The quantitative estimate of drug-likeness (QED) is 0.744. The lowest BCUT2D eigenvalue weighted by Gasteiger charge is -2.08. The number of aromatic amines is 1. The lowest BCUT2D eigenvalue weighted by atomic mass is 10.3. The molecule has 1 amide bonds. The summed E-state index contributed by atoms with van der Waals surface area (Å²) in [5.41, 5.74) is 1.86. The van der Waals surface area contributed by atoms with E-state index in [4.69, 9.17) is 0 Å². The Balaban J connectivity index is 1.77. The summed E-state index contributed by atoms with van der Waals surface area (Å²) in [4.78, 5) is 16.1. The number of carbonyl (C=O) groups excluding carboxylic acids is 1. The molecule has 8 nitrogen and oxygen atoms in total. The van der Waals surface area contributed by atoms with Gasteiger partial charge >= 0.3 is 0 Å². The summed E-state index contributed by atoms with van der Waals surface area (Å²) in [5.74, 6) is 0.275. The SMILES string of the molecule is Cc1n[nH]nc1C(=O)Nc1ccnn1Cc1ccncc1. The third-order valence-corrected chi connectivity index (χ3v) is 2.98.